The Labute approximate surface area is 97.0 Å². The van der Waals surface area contributed by atoms with Gasteiger partial charge in [-0.25, -0.2) is 0 Å². The van der Waals surface area contributed by atoms with E-state index in [2.05, 4.69) is 20.9 Å². The average Bonchev–Trinajstić information content (AvgIpc) is 2.27. The van der Waals surface area contributed by atoms with Gasteiger partial charge in [0.05, 0.1) is 4.92 Å². The largest absolute Gasteiger partial charge is 0.291 e. The van der Waals surface area contributed by atoms with E-state index in [0.717, 1.165) is 12.0 Å². The summed E-state index contributed by atoms with van der Waals surface area (Å²) < 4.78 is 0. The number of hydrogen-bond acceptors (Lipinski definition) is 3. The van der Waals surface area contributed by atoms with Crippen molar-refractivity contribution in [2.45, 2.75) is 31.0 Å². The van der Waals surface area contributed by atoms with Gasteiger partial charge in [-0.15, -0.1) is 0 Å². The van der Waals surface area contributed by atoms with E-state index in [9.17, 15) is 10.1 Å². The zero-order valence-electron chi connectivity index (χ0n) is 8.68. The molecule has 0 spiro atoms. The van der Waals surface area contributed by atoms with E-state index in [0.29, 0.717) is 0 Å². The van der Waals surface area contributed by atoms with Crippen molar-refractivity contribution in [2.24, 2.45) is 0 Å². The number of aromatic nitrogens is 1. The molecule has 0 saturated heterocycles. The van der Waals surface area contributed by atoms with Crippen LogP contribution in [-0.2, 0) is 0 Å². The molecule has 1 heterocycles. The van der Waals surface area contributed by atoms with Crippen LogP contribution in [0, 0.1) is 10.1 Å². The lowest BCUT2D eigenvalue weighted by Crippen LogP contribution is -2.10. The van der Waals surface area contributed by atoms with Gasteiger partial charge in [-0.05, 0) is 12.5 Å². The molecule has 1 aromatic rings. The molecule has 4 nitrogen and oxygen atoms in total. The Morgan fingerprint density at radius 3 is 2.87 bits per heavy atom. The lowest BCUT2D eigenvalue weighted by Gasteiger charge is -2.16. The van der Waals surface area contributed by atoms with Crippen LogP contribution in [0.5, 0.6) is 0 Å². The van der Waals surface area contributed by atoms with Crippen LogP contribution in [0.4, 0.5) is 5.69 Å². The molecule has 0 N–H and O–H groups in total. The quantitative estimate of drug-likeness (QED) is 0.480. The third kappa shape index (κ3) is 2.75. The van der Waals surface area contributed by atoms with E-state index < -0.39 is 0 Å². The molecule has 82 valence electrons. The Balaban J connectivity index is 3.07. The van der Waals surface area contributed by atoms with Gasteiger partial charge in [0.25, 0.3) is 5.69 Å². The summed E-state index contributed by atoms with van der Waals surface area (Å²) in [5, 5.41) is 10.8. The molecular formula is C10H13BrN2O2. The SMILES string of the molecule is CCC(Br)C(C)c1ccncc1[N+](=O)[O-]. The van der Waals surface area contributed by atoms with Gasteiger partial charge < -0.3 is 0 Å². The summed E-state index contributed by atoms with van der Waals surface area (Å²) in [5.74, 6) is 0.110. The van der Waals surface area contributed by atoms with Crippen LogP contribution >= 0.6 is 15.9 Å². The molecule has 5 heteroatoms. The van der Waals surface area contributed by atoms with Crippen LogP contribution in [0.15, 0.2) is 18.5 Å². The van der Waals surface area contributed by atoms with Crippen molar-refractivity contribution in [1.82, 2.24) is 4.98 Å². The summed E-state index contributed by atoms with van der Waals surface area (Å²) in [6.45, 7) is 4.02. The lowest BCUT2D eigenvalue weighted by atomic mass is 9.96. The van der Waals surface area contributed by atoms with Crippen molar-refractivity contribution < 1.29 is 4.92 Å². The Morgan fingerprint density at radius 1 is 1.67 bits per heavy atom. The summed E-state index contributed by atoms with van der Waals surface area (Å²) in [7, 11) is 0. The van der Waals surface area contributed by atoms with Crippen LogP contribution in [-0.4, -0.2) is 14.7 Å². The molecule has 0 aliphatic rings. The number of alkyl halides is 1. The van der Waals surface area contributed by atoms with Crippen molar-refractivity contribution >= 4 is 21.6 Å². The highest BCUT2D eigenvalue weighted by Gasteiger charge is 2.22. The van der Waals surface area contributed by atoms with Gasteiger partial charge in [-0.1, -0.05) is 29.8 Å². The number of halogens is 1. The van der Waals surface area contributed by atoms with E-state index in [1.165, 1.54) is 6.20 Å². The second-order valence-corrected chi connectivity index (χ2v) is 4.58. The van der Waals surface area contributed by atoms with Gasteiger partial charge in [0.15, 0.2) is 0 Å². The molecule has 0 aromatic carbocycles. The maximum atomic E-state index is 10.8. The van der Waals surface area contributed by atoms with Crippen molar-refractivity contribution in [3.05, 3.63) is 34.1 Å². The first-order chi connectivity index (χ1) is 7.07. The van der Waals surface area contributed by atoms with E-state index >= 15 is 0 Å². The first-order valence-corrected chi connectivity index (χ1v) is 5.71. The second-order valence-electron chi connectivity index (χ2n) is 3.40. The zero-order chi connectivity index (χ0) is 11.4. The third-order valence-electron chi connectivity index (χ3n) is 2.45. The van der Waals surface area contributed by atoms with Crippen LogP contribution in [0.2, 0.25) is 0 Å². The molecule has 0 saturated carbocycles. The molecule has 0 aliphatic heterocycles. The van der Waals surface area contributed by atoms with E-state index in [-0.39, 0.29) is 21.4 Å². The number of nitrogens with zero attached hydrogens (tertiary/aromatic N) is 2. The van der Waals surface area contributed by atoms with Crippen molar-refractivity contribution in [2.75, 3.05) is 0 Å². The maximum Gasteiger partial charge on any atom is 0.291 e. The summed E-state index contributed by atoms with van der Waals surface area (Å²) in [4.78, 5) is 14.4. The van der Waals surface area contributed by atoms with Crippen molar-refractivity contribution in [3.63, 3.8) is 0 Å². The molecule has 1 aromatic heterocycles. The molecule has 15 heavy (non-hydrogen) atoms. The van der Waals surface area contributed by atoms with Gasteiger partial charge in [0.1, 0.15) is 6.20 Å². The normalized spacial score (nSPS) is 14.6. The molecular weight excluding hydrogens is 260 g/mol. The van der Waals surface area contributed by atoms with Crippen molar-refractivity contribution in [1.29, 1.82) is 0 Å². The first kappa shape index (κ1) is 12.1. The molecule has 2 atom stereocenters. The Kier molecular flexibility index (Phi) is 4.20. The monoisotopic (exact) mass is 272 g/mol. The number of nitro groups is 1. The van der Waals surface area contributed by atoms with Gasteiger partial charge in [-0.2, -0.15) is 0 Å². The summed E-state index contributed by atoms with van der Waals surface area (Å²) in [5.41, 5.74) is 0.835. The molecule has 0 fully saturated rings. The number of rotatable bonds is 4. The van der Waals surface area contributed by atoms with Gasteiger partial charge in [0, 0.05) is 22.5 Å². The molecule has 0 radical (unpaired) electrons. The third-order valence-corrected chi connectivity index (χ3v) is 3.89. The van der Waals surface area contributed by atoms with Crippen LogP contribution in [0.3, 0.4) is 0 Å². The molecule has 2 unspecified atom stereocenters. The average molecular weight is 273 g/mol. The Morgan fingerprint density at radius 2 is 2.33 bits per heavy atom. The Hall–Kier alpha value is -0.970. The fraction of sp³-hybridized carbons (Fsp3) is 0.500. The van der Waals surface area contributed by atoms with Crippen LogP contribution < -0.4 is 0 Å². The van der Waals surface area contributed by atoms with Crippen molar-refractivity contribution in [3.8, 4) is 0 Å². The molecule has 0 bridgehead atoms. The minimum atomic E-state index is -0.381. The smallest absolute Gasteiger partial charge is 0.258 e. The number of hydrogen-bond donors (Lipinski definition) is 0. The summed E-state index contributed by atoms with van der Waals surface area (Å²) in [6, 6.07) is 1.72. The predicted octanol–water partition coefficient (Wildman–Crippen LogP) is 3.27. The predicted molar refractivity (Wildman–Crippen MR) is 62.3 cm³/mol. The first-order valence-electron chi connectivity index (χ1n) is 4.80. The summed E-state index contributed by atoms with van der Waals surface area (Å²) in [6.07, 6.45) is 3.83. The topological polar surface area (TPSA) is 56.0 Å². The molecule has 1 rings (SSSR count). The fourth-order valence-electron chi connectivity index (χ4n) is 1.48. The standard InChI is InChI=1S/C10H13BrN2O2/c1-3-9(11)7(2)8-4-5-12-6-10(8)13(14)15/h4-7,9H,3H2,1-2H3. The van der Waals surface area contributed by atoms with Gasteiger partial charge in [0.2, 0.25) is 0 Å². The minimum absolute atomic E-state index is 0.0999. The highest BCUT2D eigenvalue weighted by Crippen LogP contribution is 2.32. The van der Waals surface area contributed by atoms with Crippen LogP contribution in [0.1, 0.15) is 31.7 Å². The van der Waals surface area contributed by atoms with E-state index in [1.807, 2.05) is 13.8 Å². The lowest BCUT2D eigenvalue weighted by molar-refractivity contribution is -0.386. The highest BCUT2D eigenvalue weighted by atomic mass is 79.9. The zero-order valence-corrected chi connectivity index (χ0v) is 10.3. The number of pyridine rings is 1. The second kappa shape index (κ2) is 5.21. The Bertz CT molecular complexity index is 357. The van der Waals surface area contributed by atoms with Gasteiger partial charge >= 0.3 is 0 Å². The summed E-state index contributed by atoms with van der Waals surface area (Å²) >= 11 is 3.52. The minimum Gasteiger partial charge on any atom is -0.258 e. The van der Waals surface area contributed by atoms with E-state index in [1.54, 1.807) is 12.3 Å². The fourth-order valence-corrected chi connectivity index (χ4v) is 1.77. The van der Waals surface area contributed by atoms with Crippen LogP contribution in [0.25, 0.3) is 0 Å². The highest BCUT2D eigenvalue weighted by molar-refractivity contribution is 9.09. The molecule has 0 amide bonds. The van der Waals surface area contributed by atoms with Gasteiger partial charge in [-0.3, -0.25) is 15.1 Å². The maximum absolute atomic E-state index is 10.8. The molecule has 0 aliphatic carbocycles. The van der Waals surface area contributed by atoms with E-state index in [4.69, 9.17) is 0 Å².